The number of hydrogen-bond acceptors (Lipinski definition) is 4. The molecule has 0 saturated carbocycles. The number of nitrogens with one attached hydrogen (secondary N) is 2. The van der Waals surface area contributed by atoms with E-state index in [0.717, 1.165) is 26.5 Å². The van der Waals surface area contributed by atoms with E-state index in [1.807, 2.05) is 42.5 Å². The summed E-state index contributed by atoms with van der Waals surface area (Å²) in [5.74, 6) is -0.138. The highest BCUT2D eigenvalue weighted by molar-refractivity contribution is 9.10. The molecule has 3 aromatic rings. The molecule has 0 aliphatic heterocycles. The van der Waals surface area contributed by atoms with Gasteiger partial charge in [0, 0.05) is 15.7 Å². The molecule has 0 heterocycles. The first kappa shape index (κ1) is 17.9. The highest BCUT2D eigenvalue weighted by atomic mass is 79.9. The first-order chi connectivity index (χ1) is 12.5. The summed E-state index contributed by atoms with van der Waals surface area (Å²) in [5, 5.41) is 19.2. The van der Waals surface area contributed by atoms with Crippen LogP contribution in [0.5, 0.6) is 5.75 Å². The summed E-state index contributed by atoms with van der Waals surface area (Å²) in [6, 6.07) is 17.5. The standard InChI is InChI=1S/C20H18BrN3O2/c1-13-8-17(21)9-16(20(13)26)11-23-24-19(25)12-22-18-7-6-14-4-2-3-5-15(14)10-18/h2-11,22,26H,12H2,1H3,(H,24,25)/b23-11-. The molecule has 26 heavy (non-hydrogen) atoms. The molecule has 0 aliphatic rings. The summed E-state index contributed by atoms with van der Waals surface area (Å²) in [5.41, 5.74) is 4.56. The van der Waals surface area contributed by atoms with Crippen molar-refractivity contribution in [1.29, 1.82) is 0 Å². The van der Waals surface area contributed by atoms with Gasteiger partial charge in [0.1, 0.15) is 5.75 Å². The van der Waals surface area contributed by atoms with E-state index in [-0.39, 0.29) is 18.2 Å². The second-order valence-electron chi connectivity index (χ2n) is 5.87. The van der Waals surface area contributed by atoms with Crippen molar-refractivity contribution >= 4 is 44.5 Å². The number of halogens is 1. The SMILES string of the molecule is Cc1cc(Br)cc(/C=N\NC(=O)CNc2ccc3ccccc3c2)c1O. The van der Waals surface area contributed by atoms with Crippen LogP contribution < -0.4 is 10.7 Å². The number of carbonyl (C=O) groups is 1. The molecule has 0 aliphatic carbocycles. The highest BCUT2D eigenvalue weighted by Crippen LogP contribution is 2.25. The van der Waals surface area contributed by atoms with Gasteiger partial charge >= 0.3 is 0 Å². The maximum absolute atomic E-state index is 11.9. The van der Waals surface area contributed by atoms with Gasteiger partial charge < -0.3 is 10.4 Å². The van der Waals surface area contributed by atoms with Crippen molar-refractivity contribution in [1.82, 2.24) is 5.43 Å². The van der Waals surface area contributed by atoms with Gasteiger partial charge in [-0.05, 0) is 47.5 Å². The van der Waals surface area contributed by atoms with Crippen molar-refractivity contribution in [3.63, 3.8) is 0 Å². The summed E-state index contributed by atoms with van der Waals surface area (Å²) < 4.78 is 0.832. The zero-order chi connectivity index (χ0) is 18.5. The van der Waals surface area contributed by atoms with Crippen LogP contribution in [-0.2, 0) is 4.79 Å². The Balaban J connectivity index is 1.57. The van der Waals surface area contributed by atoms with Crippen LogP contribution in [0.1, 0.15) is 11.1 Å². The van der Waals surface area contributed by atoms with Gasteiger partial charge in [-0.2, -0.15) is 5.10 Å². The Kier molecular flexibility index (Phi) is 5.53. The van der Waals surface area contributed by atoms with Crippen LogP contribution >= 0.6 is 15.9 Å². The number of amides is 1. The maximum atomic E-state index is 11.9. The van der Waals surface area contributed by atoms with Crippen molar-refractivity contribution in [2.24, 2.45) is 5.10 Å². The number of aromatic hydroxyl groups is 1. The van der Waals surface area contributed by atoms with Crippen LogP contribution in [0.25, 0.3) is 10.8 Å². The molecule has 0 aromatic heterocycles. The average Bonchev–Trinajstić information content (AvgIpc) is 2.63. The number of fused-ring (bicyclic) bond motifs is 1. The number of hydrazone groups is 1. The first-order valence-electron chi connectivity index (χ1n) is 8.06. The van der Waals surface area contributed by atoms with Crippen LogP contribution in [0.3, 0.4) is 0 Å². The number of anilines is 1. The lowest BCUT2D eigenvalue weighted by molar-refractivity contribution is -0.119. The Morgan fingerprint density at radius 2 is 1.92 bits per heavy atom. The van der Waals surface area contributed by atoms with Gasteiger partial charge in [0.25, 0.3) is 5.91 Å². The number of phenols is 1. The number of rotatable bonds is 5. The smallest absolute Gasteiger partial charge is 0.259 e. The summed E-state index contributed by atoms with van der Waals surface area (Å²) in [6.07, 6.45) is 1.42. The summed E-state index contributed by atoms with van der Waals surface area (Å²) in [7, 11) is 0. The predicted octanol–water partition coefficient (Wildman–Crippen LogP) is 4.18. The Morgan fingerprint density at radius 3 is 2.73 bits per heavy atom. The molecule has 6 heteroatoms. The van der Waals surface area contributed by atoms with Crippen molar-refractivity contribution in [3.8, 4) is 5.75 Å². The van der Waals surface area contributed by atoms with Crippen LogP contribution in [0.2, 0.25) is 0 Å². The molecule has 0 bridgehead atoms. The molecular formula is C20H18BrN3O2. The molecule has 0 radical (unpaired) electrons. The van der Waals surface area contributed by atoms with Crippen LogP contribution in [0.4, 0.5) is 5.69 Å². The van der Waals surface area contributed by atoms with Gasteiger partial charge in [0.05, 0.1) is 12.8 Å². The van der Waals surface area contributed by atoms with Crippen molar-refractivity contribution in [2.45, 2.75) is 6.92 Å². The highest BCUT2D eigenvalue weighted by Gasteiger charge is 2.05. The fourth-order valence-corrected chi connectivity index (χ4v) is 3.14. The minimum Gasteiger partial charge on any atom is -0.507 e. The Hall–Kier alpha value is -2.86. The molecule has 5 nitrogen and oxygen atoms in total. The zero-order valence-electron chi connectivity index (χ0n) is 14.2. The van der Waals surface area contributed by atoms with Crippen LogP contribution in [0, 0.1) is 6.92 Å². The van der Waals surface area contributed by atoms with Gasteiger partial charge in [0.15, 0.2) is 0 Å². The quantitative estimate of drug-likeness (QED) is 0.435. The normalized spacial score (nSPS) is 11.0. The Bertz CT molecular complexity index is 986. The van der Waals surface area contributed by atoms with Crippen molar-refractivity contribution in [2.75, 3.05) is 11.9 Å². The van der Waals surface area contributed by atoms with Gasteiger partial charge in [0.2, 0.25) is 0 Å². The largest absolute Gasteiger partial charge is 0.507 e. The Morgan fingerprint density at radius 1 is 1.15 bits per heavy atom. The summed E-state index contributed by atoms with van der Waals surface area (Å²) in [4.78, 5) is 11.9. The van der Waals surface area contributed by atoms with Crippen molar-refractivity contribution in [3.05, 3.63) is 70.2 Å². The molecule has 0 spiro atoms. The van der Waals surface area contributed by atoms with E-state index in [1.54, 1.807) is 19.1 Å². The van der Waals surface area contributed by atoms with E-state index < -0.39 is 0 Å². The lowest BCUT2D eigenvalue weighted by atomic mass is 10.1. The molecular weight excluding hydrogens is 394 g/mol. The predicted molar refractivity (Wildman–Crippen MR) is 109 cm³/mol. The Labute approximate surface area is 159 Å². The van der Waals surface area contributed by atoms with Crippen LogP contribution in [-0.4, -0.2) is 23.8 Å². The minimum absolute atomic E-state index is 0.0964. The molecule has 3 aromatic carbocycles. The van der Waals surface area contributed by atoms with E-state index in [0.29, 0.717) is 5.56 Å². The number of aryl methyl sites for hydroxylation is 1. The second-order valence-corrected chi connectivity index (χ2v) is 6.78. The molecule has 0 fully saturated rings. The van der Waals surface area contributed by atoms with E-state index in [9.17, 15) is 9.90 Å². The van der Waals surface area contributed by atoms with Gasteiger partial charge in [-0.1, -0.05) is 46.3 Å². The minimum atomic E-state index is -0.277. The molecule has 0 unspecified atom stereocenters. The molecule has 132 valence electrons. The van der Waals surface area contributed by atoms with E-state index in [1.165, 1.54) is 6.21 Å². The van der Waals surface area contributed by atoms with Gasteiger partial charge in [-0.3, -0.25) is 4.79 Å². The molecule has 1 amide bonds. The number of carbonyl (C=O) groups excluding carboxylic acids is 1. The molecule has 0 atom stereocenters. The third-order valence-electron chi connectivity index (χ3n) is 3.89. The average molecular weight is 412 g/mol. The van der Waals surface area contributed by atoms with E-state index in [4.69, 9.17) is 0 Å². The number of phenolic OH excluding ortho intramolecular Hbond substituents is 1. The maximum Gasteiger partial charge on any atom is 0.259 e. The third-order valence-corrected chi connectivity index (χ3v) is 4.35. The topological polar surface area (TPSA) is 73.7 Å². The van der Waals surface area contributed by atoms with Gasteiger partial charge in [-0.15, -0.1) is 0 Å². The number of nitrogens with zero attached hydrogens (tertiary/aromatic N) is 1. The monoisotopic (exact) mass is 411 g/mol. The fourth-order valence-electron chi connectivity index (χ4n) is 2.55. The van der Waals surface area contributed by atoms with E-state index in [2.05, 4.69) is 31.8 Å². The molecule has 3 rings (SSSR count). The summed E-state index contributed by atoms with van der Waals surface area (Å²) in [6.45, 7) is 1.89. The third kappa shape index (κ3) is 4.40. The lowest BCUT2D eigenvalue weighted by Gasteiger charge is -2.07. The fraction of sp³-hybridized carbons (Fsp3) is 0.100. The van der Waals surface area contributed by atoms with Gasteiger partial charge in [-0.25, -0.2) is 5.43 Å². The molecule has 3 N–H and O–H groups in total. The second kappa shape index (κ2) is 8.01. The molecule has 0 saturated heterocycles. The first-order valence-corrected chi connectivity index (χ1v) is 8.86. The zero-order valence-corrected chi connectivity index (χ0v) is 15.7. The van der Waals surface area contributed by atoms with Crippen molar-refractivity contribution < 1.29 is 9.90 Å². The van der Waals surface area contributed by atoms with Crippen LogP contribution in [0.15, 0.2) is 64.2 Å². The number of benzene rings is 3. The summed E-state index contributed by atoms with van der Waals surface area (Å²) >= 11 is 3.37. The lowest BCUT2D eigenvalue weighted by Crippen LogP contribution is -2.25. The number of hydrogen-bond donors (Lipinski definition) is 3. The van der Waals surface area contributed by atoms with E-state index >= 15 is 0 Å².